The van der Waals surface area contributed by atoms with E-state index in [0.29, 0.717) is 30.5 Å². The topological polar surface area (TPSA) is 61.1 Å². The SMILES string of the molecule is COc1cc(/C=C2/OCCN3C2=NO[C@]3(C)c2ccc(F)cc2)ccc1-n1cnc(C)c1. The van der Waals surface area contributed by atoms with Crippen molar-refractivity contribution in [3.05, 3.63) is 83.4 Å². The number of methoxy groups -OCH3 is 1. The molecule has 3 aromatic rings. The van der Waals surface area contributed by atoms with Gasteiger partial charge in [0.05, 0.1) is 31.4 Å². The maximum absolute atomic E-state index is 13.4. The van der Waals surface area contributed by atoms with Crippen molar-refractivity contribution in [3.63, 3.8) is 0 Å². The summed E-state index contributed by atoms with van der Waals surface area (Å²) in [6, 6.07) is 12.2. The monoisotopic (exact) mass is 434 g/mol. The maximum atomic E-state index is 13.4. The van der Waals surface area contributed by atoms with E-state index in [0.717, 1.165) is 22.5 Å². The van der Waals surface area contributed by atoms with E-state index < -0.39 is 5.72 Å². The fourth-order valence-electron chi connectivity index (χ4n) is 4.02. The summed E-state index contributed by atoms with van der Waals surface area (Å²) in [5.74, 6) is 1.64. The predicted molar refractivity (Wildman–Crippen MR) is 118 cm³/mol. The lowest BCUT2D eigenvalue weighted by Gasteiger charge is -2.37. The second-order valence-corrected chi connectivity index (χ2v) is 7.86. The van der Waals surface area contributed by atoms with Crippen LogP contribution < -0.4 is 4.74 Å². The van der Waals surface area contributed by atoms with Crippen LogP contribution in [0.5, 0.6) is 5.75 Å². The zero-order valence-corrected chi connectivity index (χ0v) is 18.1. The summed E-state index contributed by atoms with van der Waals surface area (Å²) in [7, 11) is 1.64. The number of rotatable bonds is 4. The van der Waals surface area contributed by atoms with Crippen molar-refractivity contribution in [2.75, 3.05) is 20.3 Å². The molecule has 164 valence electrons. The van der Waals surface area contributed by atoms with Crippen LogP contribution in [0.1, 0.15) is 23.7 Å². The lowest BCUT2D eigenvalue weighted by atomic mass is 10.0. The number of fused-ring (bicyclic) bond motifs is 1. The molecular weight excluding hydrogens is 411 g/mol. The molecule has 2 aliphatic rings. The van der Waals surface area contributed by atoms with Crippen LogP contribution in [0.2, 0.25) is 0 Å². The van der Waals surface area contributed by atoms with Crippen molar-refractivity contribution in [1.82, 2.24) is 14.5 Å². The Balaban J connectivity index is 1.45. The number of imidazole rings is 1. The Hall–Kier alpha value is -3.81. The number of oxime groups is 1. The molecule has 0 radical (unpaired) electrons. The number of aryl methyl sites for hydroxylation is 1. The van der Waals surface area contributed by atoms with Gasteiger partial charge in [-0.3, -0.25) is 0 Å². The number of amidine groups is 1. The number of hydrogen-bond donors (Lipinski definition) is 0. The Bertz CT molecular complexity index is 1220. The summed E-state index contributed by atoms with van der Waals surface area (Å²) < 4.78 is 26.9. The zero-order valence-electron chi connectivity index (χ0n) is 18.1. The van der Waals surface area contributed by atoms with Gasteiger partial charge in [0, 0.05) is 18.7 Å². The molecule has 0 unspecified atom stereocenters. The Kier molecular flexibility index (Phi) is 4.84. The van der Waals surface area contributed by atoms with E-state index in [2.05, 4.69) is 10.1 Å². The van der Waals surface area contributed by atoms with Gasteiger partial charge in [-0.05, 0) is 42.8 Å². The first-order valence-electron chi connectivity index (χ1n) is 10.3. The fraction of sp³-hybridized carbons (Fsp3) is 0.250. The Morgan fingerprint density at radius 2 is 2.00 bits per heavy atom. The zero-order chi connectivity index (χ0) is 22.3. The molecule has 1 atom stereocenters. The second-order valence-electron chi connectivity index (χ2n) is 7.86. The van der Waals surface area contributed by atoms with Crippen LogP contribution in [-0.4, -0.2) is 40.5 Å². The molecule has 3 heterocycles. The Labute approximate surface area is 185 Å². The van der Waals surface area contributed by atoms with Crippen molar-refractivity contribution in [1.29, 1.82) is 0 Å². The van der Waals surface area contributed by atoms with Gasteiger partial charge in [-0.1, -0.05) is 23.4 Å². The molecule has 0 spiro atoms. The number of morpholine rings is 1. The molecule has 1 fully saturated rings. The summed E-state index contributed by atoms with van der Waals surface area (Å²) in [6.45, 7) is 4.95. The van der Waals surface area contributed by atoms with E-state index in [1.807, 2.05) is 53.8 Å². The van der Waals surface area contributed by atoms with Gasteiger partial charge in [-0.25, -0.2) is 9.37 Å². The van der Waals surface area contributed by atoms with Gasteiger partial charge in [-0.2, -0.15) is 0 Å². The van der Waals surface area contributed by atoms with Crippen molar-refractivity contribution in [2.45, 2.75) is 19.6 Å². The highest BCUT2D eigenvalue weighted by Crippen LogP contribution is 2.38. The Morgan fingerprint density at radius 1 is 1.19 bits per heavy atom. The summed E-state index contributed by atoms with van der Waals surface area (Å²) in [5.41, 5.74) is 2.72. The van der Waals surface area contributed by atoms with E-state index >= 15 is 0 Å². The van der Waals surface area contributed by atoms with Gasteiger partial charge in [0.2, 0.25) is 11.6 Å². The Morgan fingerprint density at radius 3 is 2.72 bits per heavy atom. The molecule has 1 saturated heterocycles. The molecule has 0 aliphatic carbocycles. The highest BCUT2D eigenvalue weighted by atomic mass is 19.1. The molecule has 1 aromatic heterocycles. The van der Waals surface area contributed by atoms with Crippen LogP contribution in [0.25, 0.3) is 11.8 Å². The first-order valence-corrected chi connectivity index (χ1v) is 10.3. The number of ether oxygens (including phenoxy) is 2. The fourth-order valence-corrected chi connectivity index (χ4v) is 4.02. The van der Waals surface area contributed by atoms with Gasteiger partial charge in [0.15, 0.2) is 5.76 Å². The van der Waals surface area contributed by atoms with Gasteiger partial charge in [0.25, 0.3) is 0 Å². The maximum Gasteiger partial charge on any atom is 0.234 e. The summed E-state index contributed by atoms with van der Waals surface area (Å²) in [5, 5.41) is 4.31. The third kappa shape index (κ3) is 3.37. The first kappa shape index (κ1) is 20.1. The summed E-state index contributed by atoms with van der Waals surface area (Å²) in [6.07, 6.45) is 5.61. The van der Waals surface area contributed by atoms with E-state index in [4.69, 9.17) is 14.3 Å². The van der Waals surface area contributed by atoms with Crippen molar-refractivity contribution >= 4 is 11.9 Å². The summed E-state index contributed by atoms with van der Waals surface area (Å²) in [4.78, 5) is 12.2. The highest BCUT2D eigenvalue weighted by Gasteiger charge is 2.46. The molecule has 7 nitrogen and oxygen atoms in total. The molecule has 2 aliphatic heterocycles. The molecule has 0 saturated carbocycles. The average molecular weight is 434 g/mol. The van der Waals surface area contributed by atoms with Crippen molar-refractivity contribution in [3.8, 4) is 11.4 Å². The third-order valence-corrected chi connectivity index (χ3v) is 5.74. The minimum atomic E-state index is -0.827. The highest BCUT2D eigenvalue weighted by molar-refractivity contribution is 6.01. The smallest absolute Gasteiger partial charge is 0.234 e. The molecule has 2 aromatic carbocycles. The van der Waals surface area contributed by atoms with E-state index in [1.54, 1.807) is 25.6 Å². The number of nitrogens with zero attached hydrogens (tertiary/aromatic N) is 4. The molecule has 0 amide bonds. The number of benzene rings is 2. The molecule has 32 heavy (non-hydrogen) atoms. The van der Waals surface area contributed by atoms with E-state index in [9.17, 15) is 4.39 Å². The third-order valence-electron chi connectivity index (χ3n) is 5.74. The van der Waals surface area contributed by atoms with E-state index in [-0.39, 0.29) is 5.82 Å². The van der Waals surface area contributed by atoms with Crippen LogP contribution in [0.3, 0.4) is 0 Å². The second kappa shape index (κ2) is 7.71. The minimum absolute atomic E-state index is 0.290. The number of hydrogen-bond acceptors (Lipinski definition) is 6. The van der Waals surface area contributed by atoms with Crippen LogP contribution >= 0.6 is 0 Å². The van der Waals surface area contributed by atoms with Gasteiger partial charge < -0.3 is 23.8 Å². The lowest BCUT2D eigenvalue weighted by molar-refractivity contribution is -0.0968. The van der Waals surface area contributed by atoms with Crippen LogP contribution in [0.4, 0.5) is 4.39 Å². The summed E-state index contributed by atoms with van der Waals surface area (Å²) >= 11 is 0. The van der Waals surface area contributed by atoms with Gasteiger partial charge in [-0.15, -0.1) is 0 Å². The molecule has 0 bridgehead atoms. The number of halogens is 1. The predicted octanol–water partition coefficient (Wildman–Crippen LogP) is 4.22. The van der Waals surface area contributed by atoms with Gasteiger partial charge >= 0.3 is 0 Å². The van der Waals surface area contributed by atoms with Crippen molar-refractivity contribution < 1.29 is 18.7 Å². The average Bonchev–Trinajstić information content (AvgIpc) is 3.39. The normalized spacial score (nSPS) is 21.1. The van der Waals surface area contributed by atoms with Crippen molar-refractivity contribution in [2.24, 2.45) is 5.16 Å². The standard InChI is InChI=1S/C24H23FN4O3/c1-16-14-28(15-26-16)20-9-4-17(12-21(20)30-3)13-22-23-27-32-24(2,29(23)10-11-31-22)18-5-7-19(25)8-6-18/h4-9,12-15H,10-11H2,1-3H3/b22-13+/t24-/m1/s1. The molecular formula is C24H23FN4O3. The first-order chi connectivity index (χ1) is 15.5. The molecule has 0 N–H and O–H groups in total. The van der Waals surface area contributed by atoms with Crippen LogP contribution in [0, 0.1) is 12.7 Å². The quantitative estimate of drug-likeness (QED) is 0.615. The van der Waals surface area contributed by atoms with Crippen LogP contribution in [-0.2, 0) is 15.3 Å². The van der Waals surface area contributed by atoms with Gasteiger partial charge in [0.1, 0.15) is 18.2 Å². The minimum Gasteiger partial charge on any atom is -0.495 e. The van der Waals surface area contributed by atoms with Crippen LogP contribution in [0.15, 0.2) is 65.9 Å². The van der Waals surface area contributed by atoms with E-state index in [1.165, 1.54) is 12.1 Å². The number of aromatic nitrogens is 2. The molecule has 5 rings (SSSR count). The lowest BCUT2D eigenvalue weighted by Crippen LogP contribution is -2.48. The molecule has 8 heteroatoms. The largest absolute Gasteiger partial charge is 0.495 e.